The van der Waals surface area contributed by atoms with Crippen LogP contribution in [0.2, 0.25) is 5.02 Å². The number of para-hydroxylation sites is 1. The van der Waals surface area contributed by atoms with Gasteiger partial charge in [0, 0.05) is 49.8 Å². The van der Waals surface area contributed by atoms with Gasteiger partial charge in [-0.15, -0.1) is 11.3 Å². The van der Waals surface area contributed by atoms with E-state index in [9.17, 15) is 4.79 Å². The van der Waals surface area contributed by atoms with Gasteiger partial charge in [-0.05, 0) is 43.5 Å². The molecule has 0 atom stereocenters. The normalized spacial score (nSPS) is 16.7. The number of rotatable bonds is 8. The van der Waals surface area contributed by atoms with Crippen LogP contribution in [0.3, 0.4) is 0 Å². The molecule has 0 unspecified atom stereocenters. The van der Waals surface area contributed by atoms with Crippen molar-refractivity contribution in [3.63, 3.8) is 0 Å². The van der Waals surface area contributed by atoms with Crippen molar-refractivity contribution < 1.29 is 9.53 Å². The van der Waals surface area contributed by atoms with Crippen molar-refractivity contribution in [2.45, 2.75) is 58.2 Å². The molecule has 8 heteroatoms. The molecule has 41 heavy (non-hydrogen) atoms. The third kappa shape index (κ3) is 6.37. The van der Waals surface area contributed by atoms with Gasteiger partial charge in [-0.2, -0.15) is 0 Å². The van der Waals surface area contributed by atoms with Crippen LogP contribution in [0.1, 0.15) is 64.8 Å². The summed E-state index contributed by atoms with van der Waals surface area (Å²) in [5, 5.41) is 3.57. The maximum atomic E-state index is 13.9. The Labute approximate surface area is 251 Å². The van der Waals surface area contributed by atoms with E-state index in [-0.39, 0.29) is 5.91 Å². The summed E-state index contributed by atoms with van der Waals surface area (Å²) in [7, 11) is 0. The predicted octanol–water partition coefficient (Wildman–Crippen LogP) is 7.62. The quantitative estimate of drug-likeness (QED) is 0.212. The third-order valence-electron chi connectivity index (χ3n) is 8.37. The van der Waals surface area contributed by atoms with Gasteiger partial charge in [0.25, 0.3) is 5.91 Å². The summed E-state index contributed by atoms with van der Waals surface area (Å²) < 4.78 is 8.36. The number of thiazole rings is 1. The van der Waals surface area contributed by atoms with Crippen LogP contribution in [-0.2, 0) is 13.2 Å². The summed E-state index contributed by atoms with van der Waals surface area (Å²) in [6, 6.07) is 20.6. The Bertz CT molecular complexity index is 1470. The fourth-order valence-corrected chi connectivity index (χ4v) is 7.05. The number of halogens is 1. The number of piperazine rings is 1. The lowest BCUT2D eigenvalue weighted by molar-refractivity contribution is 0.0627. The van der Waals surface area contributed by atoms with Crippen molar-refractivity contribution in [3.8, 4) is 17.1 Å². The average molecular weight is 589 g/mol. The molecule has 0 spiro atoms. The second-order valence-electron chi connectivity index (χ2n) is 11.1. The molecule has 2 aromatic carbocycles. The van der Waals surface area contributed by atoms with Crippen molar-refractivity contribution in [1.29, 1.82) is 0 Å². The minimum absolute atomic E-state index is 0.134. The molecule has 6 rings (SSSR count). The van der Waals surface area contributed by atoms with Crippen molar-refractivity contribution in [3.05, 3.63) is 92.9 Å². The molecule has 3 heterocycles. The molecule has 1 aliphatic carbocycles. The number of carbonyl (C=O) groups is 1. The molecule has 1 amide bonds. The number of ether oxygens (including phenoxy) is 1. The van der Waals surface area contributed by atoms with E-state index in [0.29, 0.717) is 23.4 Å². The van der Waals surface area contributed by atoms with E-state index in [0.717, 1.165) is 73.2 Å². The van der Waals surface area contributed by atoms with Crippen LogP contribution >= 0.6 is 22.9 Å². The summed E-state index contributed by atoms with van der Waals surface area (Å²) in [4.78, 5) is 23.3. The van der Waals surface area contributed by atoms with E-state index >= 15 is 0 Å². The first-order chi connectivity index (χ1) is 20.1. The van der Waals surface area contributed by atoms with Crippen LogP contribution in [0.4, 0.5) is 0 Å². The van der Waals surface area contributed by atoms with Gasteiger partial charge in [-0.3, -0.25) is 9.69 Å². The lowest BCUT2D eigenvalue weighted by Gasteiger charge is -2.35. The summed E-state index contributed by atoms with van der Waals surface area (Å²) in [5.41, 5.74) is 5.14. The minimum atomic E-state index is 0.134. The zero-order valence-electron chi connectivity index (χ0n) is 23.6. The monoisotopic (exact) mass is 588 g/mol. The lowest BCUT2D eigenvalue weighted by atomic mass is 9.95. The third-order valence-corrected chi connectivity index (χ3v) is 9.51. The molecule has 4 aromatic rings. The molecule has 1 saturated carbocycles. The molecule has 0 N–H and O–H groups in total. The highest BCUT2D eigenvalue weighted by Gasteiger charge is 2.29. The second-order valence-corrected chi connectivity index (χ2v) is 12.4. The molecule has 214 valence electrons. The standard InChI is InChI=1S/C33H37ClN4O2S/c1-24-27(33(39)37-18-16-36(17-19-37)21-25-10-4-2-5-11-25)20-30(38(24)26-12-6-3-7-13-26)29-23-41-32(35-29)22-40-31-15-9-8-14-28(31)34/h2,4-5,8-11,14-15,20,23,26H,3,6-7,12-13,16-19,21-22H2,1H3. The van der Waals surface area contributed by atoms with Gasteiger partial charge < -0.3 is 14.2 Å². The highest BCUT2D eigenvalue weighted by molar-refractivity contribution is 7.09. The fourth-order valence-electron chi connectivity index (χ4n) is 6.16. The number of aromatic nitrogens is 2. The lowest BCUT2D eigenvalue weighted by Crippen LogP contribution is -2.48. The topological polar surface area (TPSA) is 50.6 Å². The number of hydrogen-bond acceptors (Lipinski definition) is 5. The van der Waals surface area contributed by atoms with E-state index in [1.165, 1.54) is 24.8 Å². The van der Waals surface area contributed by atoms with Crippen molar-refractivity contribution >= 4 is 28.8 Å². The van der Waals surface area contributed by atoms with Gasteiger partial charge in [-0.25, -0.2) is 4.98 Å². The Kier molecular flexibility index (Phi) is 8.75. The fraction of sp³-hybridized carbons (Fsp3) is 0.394. The van der Waals surface area contributed by atoms with Gasteiger partial charge in [0.05, 0.1) is 22.0 Å². The zero-order chi connectivity index (χ0) is 28.2. The van der Waals surface area contributed by atoms with Crippen molar-refractivity contribution in [1.82, 2.24) is 19.4 Å². The molecule has 2 aliphatic rings. The first kappa shape index (κ1) is 28.0. The number of hydrogen-bond donors (Lipinski definition) is 0. The van der Waals surface area contributed by atoms with Crippen LogP contribution in [0.5, 0.6) is 5.75 Å². The Morgan fingerprint density at radius 2 is 1.73 bits per heavy atom. The Morgan fingerprint density at radius 1 is 1.00 bits per heavy atom. The maximum absolute atomic E-state index is 13.9. The Balaban J connectivity index is 1.20. The van der Waals surface area contributed by atoms with Gasteiger partial charge in [0.1, 0.15) is 17.4 Å². The van der Waals surface area contributed by atoms with Crippen LogP contribution in [-0.4, -0.2) is 51.4 Å². The molecular formula is C33H37ClN4O2S. The van der Waals surface area contributed by atoms with E-state index in [4.69, 9.17) is 21.3 Å². The highest BCUT2D eigenvalue weighted by Crippen LogP contribution is 2.37. The molecule has 1 saturated heterocycles. The number of amides is 1. The van der Waals surface area contributed by atoms with E-state index in [1.807, 2.05) is 29.2 Å². The molecule has 2 aromatic heterocycles. The maximum Gasteiger partial charge on any atom is 0.255 e. The molecule has 6 nitrogen and oxygen atoms in total. The Morgan fingerprint density at radius 3 is 2.49 bits per heavy atom. The van der Waals surface area contributed by atoms with Crippen LogP contribution in [0.25, 0.3) is 11.4 Å². The summed E-state index contributed by atoms with van der Waals surface area (Å²) in [5.74, 6) is 0.791. The smallest absolute Gasteiger partial charge is 0.255 e. The van der Waals surface area contributed by atoms with Gasteiger partial charge in [0.2, 0.25) is 0 Å². The van der Waals surface area contributed by atoms with Crippen LogP contribution in [0, 0.1) is 6.92 Å². The molecule has 1 aliphatic heterocycles. The molecular weight excluding hydrogens is 552 g/mol. The SMILES string of the molecule is Cc1c(C(=O)N2CCN(Cc3ccccc3)CC2)cc(-c2csc(COc3ccccc3Cl)n2)n1C1CCCCC1. The van der Waals surface area contributed by atoms with E-state index in [2.05, 4.69) is 58.2 Å². The zero-order valence-corrected chi connectivity index (χ0v) is 25.2. The molecule has 0 bridgehead atoms. The van der Waals surface area contributed by atoms with Gasteiger partial charge in [-0.1, -0.05) is 73.3 Å². The van der Waals surface area contributed by atoms with E-state index < -0.39 is 0 Å². The number of carbonyl (C=O) groups excluding carboxylic acids is 1. The first-order valence-corrected chi connectivity index (χ1v) is 15.9. The summed E-state index contributed by atoms with van der Waals surface area (Å²) in [6.45, 7) is 6.66. The van der Waals surface area contributed by atoms with Gasteiger partial charge in [0.15, 0.2) is 0 Å². The predicted molar refractivity (Wildman–Crippen MR) is 166 cm³/mol. The van der Waals surface area contributed by atoms with Crippen LogP contribution < -0.4 is 4.74 Å². The molecule has 2 fully saturated rings. The van der Waals surface area contributed by atoms with Crippen molar-refractivity contribution in [2.75, 3.05) is 26.2 Å². The summed E-state index contributed by atoms with van der Waals surface area (Å²) in [6.07, 6.45) is 6.01. The average Bonchev–Trinajstić information content (AvgIpc) is 3.62. The Hall–Kier alpha value is -3.13. The second kappa shape index (κ2) is 12.8. The van der Waals surface area contributed by atoms with Crippen LogP contribution in [0.15, 0.2) is 66.0 Å². The van der Waals surface area contributed by atoms with Gasteiger partial charge >= 0.3 is 0 Å². The number of nitrogens with zero attached hydrogens (tertiary/aromatic N) is 4. The van der Waals surface area contributed by atoms with E-state index in [1.54, 1.807) is 11.3 Å². The minimum Gasteiger partial charge on any atom is -0.485 e. The largest absolute Gasteiger partial charge is 0.485 e. The molecule has 0 radical (unpaired) electrons. The highest BCUT2D eigenvalue weighted by atomic mass is 35.5. The number of benzene rings is 2. The first-order valence-electron chi connectivity index (χ1n) is 14.7. The summed E-state index contributed by atoms with van der Waals surface area (Å²) >= 11 is 7.86. The van der Waals surface area contributed by atoms with Crippen molar-refractivity contribution in [2.24, 2.45) is 0 Å².